The Morgan fingerprint density at radius 1 is 1.07 bits per heavy atom. The molecule has 0 spiro atoms. The predicted octanol–water partition coefficient (Wildman–Crippen LogP) is 5.94. The van der Waals surface area contributed by atoms with Crippen LogP contribution in [-0.2, 0) is 4.74 Å². The first kappa shape index (κ1) is 21.2. The lowest BCUT2D eigenvalue weighted by atomic mass is 10.1. The van der Waals surface area contributed by atoms with E-state index in [-0.39, 0.29) is 6.61 Å². The van der Waals surface area contributed by atoms with Crippen LogP contribution in [0, 0.1) is 5.92 Å². The Hall–Kier alpha value is -2.11. The van der Waals surface area contributed by atoms with E-state index in [2.05, 4.69) is 19.2 Å². The maximum absolute atomic E-state index is 11.5. The minimum Gasteiger partial charge on any atom is -0.490 e. The van der Waals surface area contributed by atoms with Gasteiger partial charge < -0.3 is 19.5 Å². The van der Waals surface area contributed by atoms with Gasteiger partial charge in [0, 0.05) is 11.1 Å². The number of carbonyl (C=O) groups excluding carboxylic acids is 1. The van der Waals surface area contributed by atoms with E-state index in [0.717, 1.165) is 6.42 Å². The number of alkyl carbamates (subject to hydrolysis) is 1. The first-order chi connectivity index (χ1) is 12.9. The van der Waals surface area contributed by atoms with Gasteiger partial charge in [0.15, 0.2) is 0 Å². The molecule has 0 fully saturated rings. The van der Waals surface area contributed by atoms with Crippen molar-refractivity contribution in [3.05, 3.63) is 52.5 Å². The van der Waals surface area contributed by atoms with E-state index in [1.165, 1.54) is 0 Å². The van der Waals surface area contributed by atoms with Crippen LogP contribution >= 0.6 is 23.2 Å². The van der Waals surface area contributed by atoms with Crippen LogP contribution < -0.4 is 14.8 Å². The molecule has 1 amide bonds. The molecule has 0 heterocycles. The van der Waals surface area contributed by atoms with Crippen molar-refractivity contribution >= 4 is 29.3 Å². The first-order valence-corrected chi connectivity index (χ1v) is 9.46. The fourth-order valence-corrected chi connectivity index (χ4v) is 2.49. The summed E-state index contributed by atoms with van der Waals surface area (Å²) in [5.74, 6) is 2.19. The second-order valence-corrected chi connectivity index (χ2v) is 7.09. The standard InChI is InChI=1S/C20H23Cl2NO4/c1-14(2)8-10-26-20(24)23-9-11-25-19-7-6-17(13-18(19)22)27-16-5-3-4-15(21)12-16/h3-7,12-14H,8-11H2,1-2H3,(H,23,24). The van der Waals surface area contributed by atoms with Crippen molar-refractivity contribution in [2.24, 2.45) is 5.92 Å². The minimum absolute atomic E-state index is 0.271. The summed E-state index contributed by atoms with van der Waals surface area (Å²) < 4.78 is 16.3. The van der Waals surface area contributed by atoms with Crippen LogP contribution in [0.3, 0.4) is 0 Å². The average molecular weight is 412 g/mol. The van der Waals surface area contributed by atoms with Gasteiger partial charge in [-0.05, 0) is 42.7 Å². The number of ether oxygens (including phenoxy) is 3. The lowest BCUT2D eigenvalue weighted by Crippen LogP contribution is -2.29. The van der Waals surface area contributed by atoms with E-state index >= 15 is 0 Å². The second-order valence-electron chi connectivity index (χ2n) is 6.25. The summed E-state index contributed by atoms with van der Waals surface area (Å²) in [4.78, 5) is 11.5. The van der Waals surface area contributed by atoms with Crippen LogP contribution in [0.15, 0.2) is 42.5 Å². The number of rotatable bonds is 9. The lowest BCUT2D eigenvalue weighted by molar-refractivity contribution is 0.138. The zero-order valence-corrected chi connectivity index (χ0v) is 16.8. The quantitative estimate of drug-likeness (QED) is 0.518. The molecule has 0 saturated carbocycles. The number of halogens is 2. The third-order valence-corrected chi connectivity index (χ3v) is 4.02. The predicted molar refractivity (Wildman–Crippen MR) is 107 cm³/mol. The van der Waals surface area contributed by atoms with Crippen molar-refractivity contribution < 1.29 is 19.0 Å². The Kier molecular flexibility index (Phi) is 8.55. The van der Waals surface area contributed by atoms with E-state index in [1.54, 1.807) is 42.5 Å². The first-order valence-electron chi connectivity index (χ1n) is 8.70. The summed E-state index contributed by atoms with van der Waals surface area (Å²) in [5, 5.41) is 3.63. The molecule has 2 rings (SSSR count). The monoisotopic (exact) mass is 411 g/mol. The molecule has 0 aliphatic rings. The van der Waals surface area contributed by atoms with Gasteiger partial charge in [0.2, 0.25) is 0 Å². The summed E-state index contributed by atoms with van der Waals surface area (Å²) in [6, 6.07) is 12.2. The molecular weight excluding hydrogens is 389 g/mol. The lowest BCUT2D eigenvalue weighted by Gasteiger charge is -2.11. The fraction of sp³-hybridized carbons (Fsp3) is 0.350. The maximum atomic E-state index is 11.5. The number of carbonyl (C=O) groups is 1. The van der Waals surface area contributed by atoms with Crippen molar-refractivity contribution in [1.82, 2.24) is 5.32 Å². The van der Waals surface area contributed by atoms with Gasteiger partial charge in [0.1, 0.15) is 23.9 Å². The zero-order chi connectivity index (χ0) is 19.6. The van der Waals surface area contributed by atoms with Crippen LogP contribution in [0.4, 0.5) is 4.79 Å². The van der Waals surface area contributed by atoms with Gasteiger partial charge in [-0.15, -0.1) is 0 Å². The van der Waals surface area contributed by atoms with Crippen LogP contribution in [0.5, 0.6) is 17.2 Å². The summed E-state index contributed by atoms with van der Waals surface area (Å²) in [7, 11) is 0. The molecule has 0 saturated heterocycles. The number of nitrogens with one attached hydrogen (secondary N) is 1. The van der Waals surface area contributed by atoms with Gasteiger partial charge in [-0.1, -0.05) is 43.1 Å². The van der Waals surface area contributed by atoms with Crippen molar-refractivity contribution in [2.45, 2.75) is 20.3 Å². The normalized spacial score (nSPS) is 10.6. The summed E-state index contributed by atoms with van der Waals surface area (Å²) in [6.45, 7) is 5.14. The average Bonchev–Trinajstić information content (AvgIpc) is 2.60. The van der Waals surface area contributed by atoms with Gasteiger partial charge in [-0.25, -0.2) is 4.79 Å². The van der Waals surface area contributed by atoms with Gasteiger partial charge in [0.25, 0.3) is 0 Å². The molecule has 0 aliphatic carbocycles. The summed E-state index contributed by atoms with van der Waals surface area (Å²) in [6.07, 6.45) is 0.388. The zero-order valence-electron chi connectivity index (χ0n) is 15.3. The molecule has 146 valence electrons. The smallest absolute Gasteiger partial charge is 0.407 e. The minimum atomic E-state index is -0.449. The highest BCUT2D eigenvalue weighted by molar-refractivity contribution is 6.32. The van der Waals surface area contributed by atoms with Crippen molar-refractivity contribution in [2.75, 3.05) is 19.8 Å². The molecule has 0 aliphatic heterocycles. The molecule has 0 aromatic heterocycles. The number of amides is 1. The third-order valence-electron chi connectivity index (χ3n) is 3.49. The molecular formula is C20H23Cl2NO4. The third kappa shape index (κ3) is 7.97. The molecule has 7 heteroatoms. The molecule has 27 heavy (non-hydrogen) atoms. The van der Waals surface area contributed by atoms with Crippen molar-refractivity contribution in [1.29, 1.82) is 0 Å². The highest BCUT2D eigenvalue weighted by Crippen LogP contribution is 2.31. The van der Waals surface area contributed by atoms with Crippen LogP contribution in [0.1, 0.15) is 20.3 Å². The van der Waals surface area contributed by atoms with E-state index in [4.69, 9.17) is 37.4 Å². The highest BCUT2D eigenvalue weighted by Gasteiger charge is 2.07. The Morgan fingerprint density at radius 3 is 2.56 bits per heavy atom. The summed E-state index contributed by atoms with van der Waals surface area (Å²) in [5.41, 5.74) is 0. The van der Waals surface area contributed by atoms with Gasteiger partial charge in [0.05, 0.1) is 18.2 Å². The number of benzene rings is 2. The Balaban J connectivity index is 1.75. The molecule has 0 radical (unpaired) electrons. The largest absolute Gasteiger partial charge is 0.490 e. The highest BCUT2D eigenvalue weighted by atomic mass is 35.5. The Labute approximate surface area is 169 Å². The van der Waals surface area contributed by atoms with Crippen molar-refractivity contribution in [3.8, 4) is 17.2 Å². The molecule has 5 nitrogen and oxygen atoms in total. The van der Waals surface area contributed by atoms with Crippen molar-refractivity contribution in [3.63, 3.8) is 0 Å². The van der Waals surface area contributed by atoms with Crippen LogP contribution in [0.25, 0.3) is 0 Å². The van der Waals surface area contributed by atoms with E-state index in [1.807, 2.05) is 0 Å². The molecule has 0 bridgehead atoms. The van der Waals surface area contributed by atoms with Gasteiger partial charge in [-0.2, -0.15) is 0 Å². The molecule has 1 N–H and O–H groups in total. The Morgan fingerprint density at radius 2 is 1.85 bits per heavy atom. The van der Waals surface area contributed by atoms with E-state index in [9.17, 15) is 4.79 Å². The topological polar surface area (TPSA) is 56.8 Å². The SMILES string of the molecule is CC(C)CCOC(=O)NCCOc1ccc(Oc2cccc(Cl)c2)cc1Cl. The molecule has 0 atom stereocenters. The van der Waals surface area contributed by atoms with Gasteiger partial charge in [-0.3, -0.25) is 0 Å². The summed E-state index contributed by atoms with van der Waals surface area (Å²) >= 11 is 12.2. The van der Waals surface area contributed by atoms with E-state index in [0.29, 0.717) is 46.4 Å². The maximum Gasteiger partial charge on any atom is 0.407 e. The Bertz CT molecular complexity index is 753. The van der Waals surface area contributed by atoms with Crippen LogP contribution in [0.2, 0.25) is 10.0 Å². The van der Waals surface area contributed by atoms with Crippen LogP contribution in [-0.4, -0.2) is 25.9 Å². The second kappa shape index (κ2) is 10.9. The molecule has 0 unspecified atom stereocenters. The fourth-order valence-electron chi connectivity index (χ4n) is 2.08. The van der Waals surface area contributed by atoms with E-state index < -0.39 is 6.09 Å². The number of hydrogen-bond donors (Lipinski definition) is 1. The van der Waals surface area contributed by atoms with Gasteiger partial charge >= 0.3 is 6.09 Å². The number of hydrogen-bond acceptors (Lipinski definition) is 4. The molecule has 2 aromatic carbocycles. The molecule has 2 aromatic rings.